The Kier molecular flexibility index (Phi) is 9.29. The van der Waals surface area contributed by atoms with Gasteiger partial charge in [0.2, 0.25) is 16.0 Å². The minimum atomic E-state index is -5.15. The summed E-state index contributed by atoms with van der Waals surface area (Å²) in [5.74, 6) is 1.11. The molecule has 15 heteroatoms. The van der Waals surface area contributed by atoms with E-state index in [-0.39, 0.29) is 43.2 Å². The van der Waals surface area contributed by atoms with E-state index in [1.165, 1.54) is 0 Å². The van der Waals surface area contributed by atoms with E-state index in [0.717, 1.165) is 23.7 Å². The summed E-state index contributed by atoms with van der Waals surface area (Å²) in [5.41, 5.74) is -2.65. The third-order valence-corrected chi connectivity index (χ3v) is 8.36. The third kappa shape index (κ3) is 7.98. The molecule has 1 heterocycles. The number of nitrogens with zero attached hydrogens (tertiary/aromatic N) is 2. The summed E-state index contributed by atoms with van der Waals surface area (Å²) in [4.78, 5) is 7.95. The second-order valence-electron chi connectivity index (χ2n) is 9.92. The number of para-hydroxylation sites is 1. The summed E-state index contributed by atoms with van der Waals surface area (Å²) in [6, 6.07) is 7.75. The number of aliphatic hydroxyl groups excluding tert-OH is 1. The molecule has 0 unspecified atom stereocenters. The number of sulfonamides is 1. The molecule has 8 nitrogen and oxygen atoms in total. The van der Waals surface area contributed by atoms with Crippen molar-refractivity contribution in [2.24, 2.45) is 11.8 Å². The smallest absolute Gasteiger partial charge is 0.395 e. The number of hydrogen-bond donors (Lipinski definition) is 4. The van der Waals surface area contributed by atoms with Gasteiger partial charge in [-0.05, 0) is 67.9 Å². The highest BCUT2D eigenvalue weighted by molar-refractivity contribution is 7.89. The van der Waals surface area contributed by atoms with Gasteiger partial charge in [0.1, 0.15) is 5.82 Å². The average molecular weight is 606 g/mol. The number of alkyl halides is 6. The van der Waals surface area contributed by atoms with E-state index in [9.17, 15) is 34.8 Å². The fourth-order valence-electron chi connectivity index (χ4n) is 4.73. The van der Waals surface area contributed by atoms with E-state index >= 15 is 0 Å². The van der Waals surface area contributed by atoms with Gasteiger partial charge in [-0.25, -0.2) is 18.1 Å². The van der Waals surface area contributed by atoms with Crippen molar-refractivity contribution < 1.29 is 39.9 Å². The lowest BCUT2D eigenvalue weighted by Crippen LogP contribution is -2.32. The highest BCUT2D eigenvalue weighted by atomic mass is 32.2. The Bertz CT molecular complexity index is 1430. The Morgan fingerprint density at radius 1 is 0.829 bits per heavy atom. The van der Waals surface area contributed by atoms with E-state index in [1.54, 1.807) is 0 Å². The average Bonchev–Trinajstić information content (AvgIpc) is 2.93. The quantitative estimate of drug-likeness (QED) is 0.233. The van der Waals surface area contributed by atoms with Crippen LogP contribution in [0.1, 0.15) is 36.8 Å². The van der Waals surface area contributed by atoms with Crippen molar-refractivity contribution in [2.45, 2.75) is 42.9 Å². The first kappa shape index (κ1) is 30.8. The molecule has 41 heavy (non-hydrogen) atoms. The number of rotatable bonds is 10. The Balaban J connectivity index is 1.33. The molecule has 0 amide bonds. The van der Waals surface area contributed by atoms with Crippen LogP contribution in [0.15, 0.2) is 47.4 Å². The summed E-state index contributed by atoms with van der Waals surface area (Å²) in [7, 11) is -4.61. The molecule has 1 saturated carbocycles. The molecule has 1 aromatic heterocycles. The largest absolute Gasteiger partial charge is 0.416 e. The molecule has 1 fully saturated rings. The van der Waals surface area contributed by atoms with Gasteiger partial charge < -0.3 is 15.7 Å². The maximum absolute atomic E-state index is 13.1. The van der Waals surface area contributed by atoms with Crippen LogP contribution in [0.5, 0.6) is 0 Å². The number of aromatic nitrogens is 2. The Morgan fingerprint density at radius 2 is 1.41 bits per heavy atom. The second-order valence-corrected chi connectivity index (χ2v) is 11.7. The van der Waals surface area contributed by atoms with Crippen LogP contribution < -0.4 is 15.4 Å². The fourth-order valence-corrected chi connectivity index (χ4v) is 5.92. The minimum absolute atomic E-state index is 0.0605. The van der Waals surface area contributed by atoms with Crippen molar-refractivity contribution in [2.75, 3.05) is 36.9 Å². The van der Waals surface area contributed by atoms with Crippen LogP contribution in [0, 0.1) is 11.8 Å². The fraction of sp³-hybridized carbons (Fsp3) is 0.462. The van der Waals surface area contributed by atoms with Crippen LogP contribution in [-0.4, -0.2) is 49.7 Å². The normalized spacial score (nSPS) is 18.4. The Morgan fingerprint density at radius 3 is 2.00 bits per heavy atom. The predicted molar refractivity (Wildman–Crippen MR) is 141 cm³/mol. The summed E-state index contributed by atoms with van der Waals surface area (Å²) >= 11 is 0. The van der Waals surface area contributed by atoms with Gasteiger partial charge in [0.15, 0.2) is 0 Å². The zero-order valence-electron chi connectivity index (χ0n) is 21.7. The molecule has 4 rings (SSSR count). The van der Waals surface area contributed by atoms with Gasteiger partial charge in [0, 0.05) is 25.0 Å². The molecule has 0 radical (unpaired) electrons. The summed E-state index contributed by atoms with van der Waals surface area (Å²) in [6.45, 7) is 0.717. The molecule has 0 atom stereocenters. The number of anilines is 2. The minimum Gasteiger partial charge on any atom is -0.395 e. The molecular formula is C26H29F6N5O3S. The van der Waals surface area contributed by atoms with Gasteiger partial charge in [0.05, 0.1) is 28.1 Å². The lowest BCUT2D eigenvalue weighted by atomic mass is 9.82. The van der Waals surface area contributed by atoms with Gasteiger partial charge in [-0.1, -0.05) is 12.1 Å². The van der Waals surface area contributed by atoms with Gasteiger partial charge in [0.25, 0.3) is 0 Å². The molecule has 224 valence electrons. The maximum Gasteiger partial charge on any atom is 0.416 e. The van der Waals surface area contributed by atoms with E-state index in [4.69, 9.17) is 5.11 Å². The van der Waals surface area contributed by atoms with Gasteiger partial charge in [-0.3, -0.25) is 0 Å². The molecule has 3 aromatic rings. The monoisotopic (exact) mass is 605 g/mol. The van der Waals surface area contributed by atoms with Crippen LogP contribution in [-0.2, 0) is 22.4 Å². The van der Waals surface area contributed by atoms with E-state index < -0.39 is 38.4 Å². The van der Waals surface area contributed by atoms with Crippen LogP contribution in [0.2, 0.25) is 0 Å². The number of aliphatic hydroxyl groups is 1. The standard InChI is InChI=1S/C26H29F6N5O3S/c27-25(28,29)18-11-19(26(30,31)32)13-20(12-18)41(39,40)35-15-17-7-5-16(6-8-17)14-34-24-36-22-4-2-1-3-21(22)23(37-24)33-9-10-38/h1-4,11-13,16-17,35,38H,5-10,14-15H2,(H2,33,34,36,37). The Hall–Kier alpha value is -3.17. The van der Waals surface area contributed by atoms with Gasteiger partial charge >= 0.3 is 12.4 Å². The number of nitrogens with one attached hydrogen (secondary N) is 3. The van der Waals surface area contributed by atoms with E-state index in [1.807, 2.05) is 24.3 Å². The molecule has 0 saturated heterocycles. The van der Waals surface area contributed by atoms with Crippen molar-refractivity contribution in [3.8, 4) is 0 Å². The molecule has 0 spiro atoms. The van der Waals surface area contributed by atoms with Crippen LogP contribution in [0.4, 0.5) is 38.1 Å². The highest BCUT2D eigenvalue weighted by Crippen LogP contribution is 2.37. The summed E-state index contributed by atoms with van der Waals surface area (Å²) in [5, 5.41) is 16.3. The number of hydrogen-bond acceptors (Lipinski definition) is 7. The lowest BCUT2D eigenvalue weighted by Gasteiger charge is -2.28. The number of fused-ring (bicyclic) bond motifs is 1. The topological polar surface area (TPSA) is 116 Å². The zero-order chi connectivity index (χ0) is 29.8. The lowest BCUT2D eigenvalue weighted by molar-refractivity contribution is -0.143. The van der Waals surface area contributed by atoms with Gasteiger partial charge in [-0.2, -0.15) is 31.3 Å². The summed E-state index contributed by atoms with van der Waals surface area (Å²) in [6.07, 6.45) is -7.60. The first-order valence-electron chi connectivity index (χ1n) is 12.9. The Labute approximate surface area is 232 Å². The molecule has 0 bridgehead atoms. The number of benzene rings is 2. The highest BCUT2D eigenvalue weighted by Gasteiger charge is 2.38. The second kappa shape index (κ2) is 12.4. The SMILES string of the molecule is O=S(=O)(NCC1CCC(CNc2nc(NCCO)c3ccccc3n2)CC1)c1cc(C(F)(F)F)cc(C(F)(F)F)c1. The molecule has 2 aromatic carbocycles. The maximum atomic E-state index is 13.1. The molecular weight excluding hydrogens is 576 g/mol. The van der Waals surface area contributed by atoms with Crippen LogP contribution >= 0.6 is 0 Å². The van der Waals surface area contributed by atoms with E-state index in [2.05, 4.69) is 25.3 Å². The van der Waals surface area contributed by atoms with E-state index in [0.29, 0.717) is 37.7 Å². The van der Waals surface area contributed by atoms with Crippen LogP contribution in [0.25, 0.3) is 10.9 Å². The van der Waals surface area contributed by atoms with Crippen molar-refractivity contribution in [1.82, 2.24) is 14.7 Å². The van der Waals surface area contributed by atoms with Crippen molar-refractivity contribution in [1.29, 1.82) is 0 Å². The predicted octanol–water partition coefficient (Wildman–Crippen LogP) is 5.27. The molecule has 0 aliphatic heterocycles. The van der Waals surface area contributed by atoms with Crippen molar-refractivity contribution >= 4 is 32.7 Å². The summed E-state index contributed by atoms with van der Waals surface area (Å²) < 4.78 is 106. The molecule has 1 aliphatic carbocycles. The van der Waals surface area contributed by atoms with Gasteiger partial charge in [-0.15, -0.1) is 0 Å². The zero-order valence-corrected chi connectivity index (χ0v) is 22.5. The van der Waals surface area contributed by atoms with Crippen molar-refractivity contribution in [3.05, 3.63) is 53.6 Å². The van der Waals surface area contributed by atoms with Crippen molar-refractivity contribution in [3.63, 3.8) is 0 Å². The first-order valence-corrected chi connectivity index (χ1v) is 14.4. The first-order chi connectivity index (χ1) is 19.3. The molecule has 1 aliphatic rings. The third-order valence-electron chi connectivity index (χ3n) is 6.96. The molecule has 4 N–H and O–H groups in total. The van der Waals surface area contributed by atoms with Crippen LogP contribution in [0.3, 0.4) is 0 Å². The number of halogens is 6.